The van der Waals surface area contributed by atoms with Crippen LogP contribution in [0.5, 0.6) is 17.2 Å². The van der Waals surface area contributed by atoms with Gasteiger partial charge in [-0.1, -0.05) is 18.5 Å². The van der Waals surface area contributed by atoms with Gasteiger partial charge in [-0.2, -0.15) is 0 Å². The van der Waals surface area contributed by atoms with Crippen LogP contribution in [-0.4, -0.2) is 41.7 Å². The number of nitrogens with one attached hydrogen (secondary N) is 1. The van der Waals surface area contributed by atoms with E-state index in [1.54, 1.807) is 6.07 Å². The Kier molecular flexibility index (Phi) is 4.19. The third-order valence-corrected chi connectivity index (χ3v) is 3.99. The number of hydrogen-bond donors (Lipinski definition) is 2. The summed E-state index contributed by atoms with van der Waals surface area (Å²) in [5, 5.41) is 10.9. The minimum Gasteiger partial charge on any atom is -0.503 e. The van der Waals surface area contributed by atoms with Gasteiger partial charge in [-0.3, -0.25) is 9.79 Å². The smallest absolute Gasteiger partial charge is 0.291 e. The Labute approximate surface area is 142 Å². The van der Waals surface area contributed by atoms with Gasteiger partial charge >= 0.3 is 0 Å². The maximum atomic E-state index is 12.1. The van der Waals surface area contributed by atoms with Crippen LogP contribution in [0.4, 0.5) is 5.69 Å². The summed E-state index contributed by atoms with van der Waals surface area (Å²) in [6.45, 7) is 2.46. The first-order valence-corrected chi connectivity index (χ1v) is 7.74. The van der Waals surface area contributed by atoms with Crippen LogP contribution in [0.25, 0.3) is 10.9 Å². The topological polar surface area (TPSA) is 96.3 Å². The Bertz CT molecular complexity index is 947. The van der Waals surface area contributed by atoms with Crippen LogP contribution < -0.4 is 15.0 Å². The number of aromatic amines is 1. The number of methoxy groups -OCH3 is 2. The molecule has 0 atom stereocenters. The van der Waals surface area contributed by atoms with Crippen molar-refractivity contribution in [2.45, 2.75) is 13.3 Å². The largest absolute Gasteiger partial charge is 0.503 e. The average Bonchev–Trinajstić information content (AvgIpc) is 2.57. The molecule has 126 valence electrons. The lowest BCUT2D eigenvalue weighted by atomic mass is 9.99. The van der Waals surface area contributed by atoms with E-state index in [0.29, 0.717) is 40.3 Å². The Morgan fingerprint density at radius 3 is 2.75 bits per heavy atom. The molecular formula is C16H16ClN3O4. The van der Waals surface area contributed by atoms with E-state index in [2.05, 4.69) is 15.0 Å². The molecule has 0 spiro atoms. The van der Waals surface area contributed by atoms with Gasteiger partial charge in [0.2, 0.25) is 0 Å². The van der Waals surface area contributed by atoms with Crippen LogP contribution in [0.2, 0.25) is 0 Å². The van der Waals surface area contributed by atoms with E-state index in [1.165, 1.54) is 14.2 Å². The predicted molar refractivity (Wildman–Crippen MR) is 94.0 cm³/mol. The van der Waals surface area contributed by atoms with Crippen LogP contribution in [0, 0.1) is 0 Å². The molecule has 7 nitrogen and oxygen atoms in total. The Morgan fingerprint density at radius 2 is 2.12 bits per heavy atom. The summed E-state index contributed by atoms with van der Waals surface area (Å²) in [6.07, 6.45) is 0.791. The highest BCUT2D eigenvalue weighted by molar-refractivity contribution is 6.87. The van der Waals surface area contributed by atoms with E-state index in [0.717, 1.165) is 6.42 Å². The van der Waals surface area contributed by atoms with Crippen LogP contribution in [-0.2, 0) is 0 Å². The van der Waals surface area contributed by atoms with Crippen molar-refractivity contribution in [1.29, 1.82) is 0 Å². The highest BCUT2D eigenvalue weighted by Crippen LogP contribution is 2.47. The van der Waals surface area contributed by atoms with Crippen LogP contribution in [0.3, 0.4) is 0 Å². The maximum absolute atomic E-state index is 12.1. The third kappa shape index (κ3) is 2.32. The lowest BCUT2D eigenvalue weighted by Crippen LogP contribution is -2.20. The fraction of sp³-hybridized carbons (Fsp3) is 0.312. The van der Waals surface area contributed by atoms with Crippen LogP contribution in [0.15, 0.2) is 20.8 Å². The molecule has 1 aliphatic rings. The molecule has 0 radical (unpaired) electrons. The third-order valence-electron chi connectivity index (χ3n) is 3.73. The summed E-state index contributed by atoms with van der Waals surface area (Å²) < 4.78 is 10.7. The van der Waals surface area contributed by atoms with Gasteiger partial charge in [0.1, 0.15) is 11.4 Å². The number of aromatic hydroxyl groups is 1. The first kappa shape index (κ1) is 16.3. The van der Waals surface area contributed by atoms with Crippen molar-refractivity contribution in [2.75, 3.05) is 20.8 Å². The summed E-state index contributed by atoms with van der Waals surface area (Å²) in [5.74, 6) is 0.318. The molecule has 0 saturated carbocycles. The minimum absolute atomic E-state index is 0.0877. The van der Waals surface area contributed by atoms with Crippen molar-refractivity contribution >= 4 is 39.1 Å². The zero-order chi connectivity index (χ0) is 17.4. The van der Waals surface area contributed by atoms with Gasteiger partial charge < -0.3 is 19.6 Å². The Morgan fingerprint density at radius 1 is 1.38 bits per heavy atom. The highest BCUT2D eigenvalue weighted by atomic mass is 35.5. The Hall–Kier alpha value is -2.54. The molecule has 0 unspecified atom stereocenters. The molecule has 1 aromatic heterocycles. The lowest BCUT2D eigenvalue weighted by molar-refractivity contribution is 0.356. The van der Waals surface area contributed by atoms with E-state index in [9.17, 15) is 9.90 Å². The molecule has 0 saturated heterocycles. The van der Waals surface area contributed by atoms with E-state index in [4.69, 9.17) is 21.1 Å². The second kappa shape index (κ2) is 6.16. The molecule has 24 heavy (non-hydrogen) atoms. The molecule has 2 aromatic rings. The molecule has 1 aliphatic heterocycles. The van der Waals surface area contributed by atoms with Crippen molar-refractivity contribution in [3.05, 3.63) is 22.0 Å². The molecule has 0 aliphatic carbocycles. The fourth-order valence-corrected chi connectivity index (χ4v) is 2.94. The fourth-order valence-electron chi connectivity index (χ4n) is 2.70. The number of pyridine rings is 1. The van der Waals surface area contributed by atoms with Gasteiger partial charge in [-0.25, -0.2) is 4.99 Å². The number of aliphatic imine (C=N–C) groups is 2. The molecule has 2 N–H and O–H groups in total. The van der Waals surface area contributed by atoms with E-state index >= 15 is 0 Å². The molecule has 3 rings (SSSR count). The normalized spacial score (nSPS) is 14.8. The molecular weight excluding hydrogens is 335 g/mol. The van der Waals surface area contributed by atoms with Gasteiger partial charge in [0.25, 0.3) is 5.56 Å². The Balaban J connectivity index is 2.51. The number of benzene rings is 1. The van der Waals surface area contributed by atoms with Gasteiger partial charge in [0.15, 0.2) is 22.4 Å². The quantitative estimate of drug-likeness (QED) is 0.828. The summed E-state index contributed by atoms with van der Waals surface area (Å²) in [4.78, 5) is 23.5. The summed E-state index contributed by atoms with van der Waals surface area (Å²) in [5.41, 5.74) is 0.766. The number of hydrogen-bond acceptors (Lipinski definition) is 6. The van der Waals surface area contributed by atoms with Gasteiger partial charge in [0, 0.05) is 18.0 Å². The predicted octanol–water partition coefficient (Wildman–Crippen LogP) is 2.73. The second-order valence-corrected chi connectivity index (χ2v) is 5.55. The number of ether oxygens (including phenoxy) is 2. The zero-order valence-electron chi connectivity index (χ0n) is 13.4. The number of rotatable bonds is 4. The zero-order valence-corrected chi connectivity index (χ0v) is 14.2. The van der Waals surface area contributed by atoms with Crippen molar-refractivity contribution in [3.8, 4) is 17.2 Å². The molecule has 2 heterocycles. The number of H-pyrrole nitrogens is 1. The van der Waals surface area contributed by atoms with E-state index in [-0.39, 0.29) is 10.7 Å². The molecule has 0 fully saturated rings. The van der Waals surface area contributed by atoms with Gasteiger partial charge in [0.05, 0.1) is 25.3 Å². The van der Waals surface area contributed by atoms with E-state index in [1.807, 2.05) is 6.92 Å². The van der Waals surface area contributed by atoms with Crippen molar-refractivity contribution in [2.24, 2.45) is 9.98 Å². The SMILES string of the molecule is CCC[15N]=C1C(Cl)=Nc2c(OC)c(OC)cc3[nH]c(=O)c(O)c1c23. The number of aromatic nitrogens is 1. The van der Waals surface area contributed by atoms with E-state index < -0.39 is 11.3 Å². The highest BCUT2D eigenvalue weighted by Gasteiger charge is 2.29. The standard InChI is InChI=1S/C16H16ClN3O4/c1-4-5-18-12-10-9-7(19-16(22)13(10)21)6-8(23-2)14(24-3)11(9)20-15(12)17/h6,21H,4-5H2,1-3H3,(H,19,22)/i18+1. The molecule has 8 heteroatoms. The van der Waals surface area contributed by atoms with Gasteiger partial charge in [-0.05, 0) is 6.42 Å². The first-order valence-electron chi connectivity index (χ1n) is 7.36. The van der Waals surface area contributed by atoms with Crippen LogP contribution >= 0.6 is 11.6 Å². The monoisotopic (exact) mass is 350 g/mol. The van der Waals surface area contributed by atoms with Crippen molar-refractivity contribution in [1.82, 2.24) is 4.98 Å². The van der Waals surface area contributed by atoms with Crippen LogP contribution in [0.1, 0.15) is 18.9 Å². The van der Waals surface area contributed by atoms with Gasteiger partial charge in [-0.15, -0.1) is 0 Å². The second-order valence-electron chi connectivity index (χ2n) is 5.19. The minimum atomic E-state index is -0.633. The number of halogens is 1. The van der Waals surface area contributed by atoms with Crippen molar-refractivity contribution in [3.63, 3.8) is 0 Å². The molecule has 1 aromatic carbocycles. The summed E-state index contributed by atoms with van der Waals surface area (Å²) in [6, 6.07) is 1.62. The van der Waals surface area contributed by atoms with Crippen molar-refractivity contribution < 1.29 is 14.6 Å². The summed E-state index contributed by atoms with van der Waals surface area (Å²) in [7, 11) is 2.97. The average molecular weight is 351 g/mol. The maximum Gasteiger partial charge on any atom is 0.291 e. The lowest BCUT2D eigenvalue weighted by Gasteiger charge is -2.20. The first-order chi connectivity index (χ1) is 11.5. The number of nitrogens with zero attached hydrogens (tertiary/aromatic N) is 2. The molecule has 0 bridgehead atoms. The molecule has 0 amide bonds. The summed E-state index contributed by atoms with van der Waals surface area (Å²) >= 11 is 6.28.